The van der Waals surface area contributed by atoms with Crippen molar-refractivity contribution in [3.05, 3.63) is 70.1 Å². The fourth-order valence-electron chi connectivity index (χ4n) is 2.89. The van der Waals surface area contributed by atoms with Crippen LogP contribution in [0.1, 0.15) is 22.2 Å². The summed E-state index contributed by atoms with van der Waals surface area (Å²) in [6.07, 6.45) is 0. The zero-order valence-electron chi connectivity index (χ0n) is 16.4. The van der Waals surface area contributed by atoms with Crippen LogP contribution < -0.4 is 4.72 Å². The predicted molar refractivity (Wildman–Crippen MR) is 120 cm³/mol. The molecule has 0 amide bonds. The first-order chi connectivity index (χ1) is 14.7. The summed E-state index contributed by atoms with van der Waals surface area (Å²) in [6.45, 7) is 3.15. The molecule has 0 spiro atoms. The number of nitrogens with one attached hydrogen (secondary N) is 1. The SMILES string of the molecule is CC(=O)c1ccc(NS(=O)(=O)c2cc(-c3nc(-c4cccc(Cl)c4)no3)sc2C)cc1. The molecule has 10 heteroatoms. The Labute approximate surface area is 187 Å². The molecular weight excluding hydrogens is 458 g/mol. The molecule has 158 valence electrons. The molecule has 0 saturated heterocycles. The van der Waals surface area contributed by atoms with Crippen molar-refractivity contribution in [3.63, 3.8) is 0 Å². The lowest BCUT2D eigenvalue weighted by atomic mass is 10.1. The number of hydrogen-bond acceptors (Lipinski definition) is 7. The number of ketones is 1. The zero-order valence-corrected chi connectivity index (χ0v) is 18.8. The third kappa shape index (κ3) is 4.53. The van der Waals surface area contributed by atoms with Crippen molar-refractivity contribution in [1.29, 1.82) is 0 Å². The van der Waals surface area contributed by atoms with Gasteiger partial charge in [0.15, 0.2) is 5.78 Å². The van der Waals surface area contributed by atoms with E-state index in [-0.39, 0.29) is 16.6 Å². The van der Waals surface area contributed by atoms with Gasteiger partial charge in [0.05, 0.1) is 4.88 Å². The number of carbonyl (C=O) groups excluding carboxylic acids is 1. The first kappa shape index (κ1) is 21.2. The van der Waals surface area contributed by atoms with E-state index in [1.807, 2.05) is 0 Å². The van der Waals surface area contributed by atoms with Gasteiger partial charge in [-0.3, -0.25) is 9.52 Å². The number of sulfonamides is 1. The molecule has 0 aliphatic rings. The molecule has 4 aromatic rings. The summed E-state index contributed by atoms with van der Waals surface area (Å²) in [5.41, 5.74) is 1.56. The van der Waals surface area contributed by atoms with Crippen LogP contribution in [0.4, 0.5) is 5.69 Å². The van der Waals surface area contributed by atoms with E-state index in [1.165, 1.54) is 24.3 Å². The van der Waals surface area contributed by atoms with Crippen molar-refractivity contribution in [2.24, 2.45) is 0 Å². The molecule has 0 aliphatic heterocycles. The molecule has 0 radical (unpaired) electrons. The van der Waals surface area contributed by atoms with Gasteiger partial charge < -0.3 is 4.52 Å². The molecule has 2 aromatic heterocycles. The summed E-state index contributed by atoms with van der Waals surface area (Å²) in [4.78, 5) is 17.0. The molecule has 0 aliphatic carbocycles. The molecule has 0 fully saturated rings. The molecule has 0 bridgehead atoms. The Bertz CT molecular complexity index is 1380. The first-order valence-corrected chi connectivity index (χ1v) is 11.7. The minimum absolute atomic E-state index is 0.0931. The summed E-state index contributed by atoms with van der Waals surface area (Å²) >= 11 is 7.25. The normalized spacial score (nSPS) is 11.5. The molecule has 2 heterocycles. The highest BCUT2D eigenvalue weighted by molar-refractivity contribution is 7.93. The number of hydrogen-bond donors (Lipinski definition) is 1. The van der Waals surface area contributed by atoms with E-state index < -0.39 is 10.0 Å². The first-order valence-electron chi connectivity index (χ1n) is 9.07. The van der Waals surface area contributed by atoms with E-state index >= 15 is 0 Å². The Balaban J connectivity index is 1.60. The second-order valence-electron chi connectivity index (χ2n) is 6.70. The fourth-order valence-corrected chi connectivity index (χ4v) is 5.65. The molecule has 0 atom stereocenters. The lowest BCUT2D eigenvalue weighted by Crippen LogP contribution is -2.13. The Hall–Kier alpha value is -3.01. The summed E-state index contributed by atoms with van der Waals surface area (Å²) in [5, 5.41) is 4.51. The predicted octanol–water partition coefficient (Wildman–Crippen LogP) is 5.43. The van der Waals surface area contributed by atoms with Gasteiger partial charge >= 0.3 is 0 Å². The average Bonchev–Trinajstić information content (AvgIpc) is 3.35. The average molecular weight is 474 g/mol. The lowest BCUT2D eigenvalue weighted by Gasteiger charge is -2.08. The van der Waals surface area contributed by atoms with Crippen molar-refractivity contribution in [2.45, 2.75) is 18.7 Å². The Kier molecular flexibility index (Phi) is 5.65. The Morgan fingerprint density at radius 3 is 2.55 bits per heavy atom. The summed E-state index contributed by atoms with van der Waals surface area (Å²) in [5.74, 6) is 0.483. The van der Waals surface area contributed by atoms with Crippen LogP contribution in [-0.4, -0.2) is 24.3 Å². The van der Waals surface area contributed by atoms with Crippen molar-refractivity contribution >= 4 is 44.4 Å². The van der Waals surface area contributed by atoms with E-state index in [1.54, 1.807) is 55.5 Å². The number of halogens is 1. The lowest BCUT2D eigenvalue weighted by molar-refractivity contribution is 0.101. The number of nitrogens with zero attached hydrogens (tertiary/aromatic N) is 2. The third-order valence-electron chi connectivity index (χ3n) is 4.43. The number of aryl methyl sites for hydroxylation is 1. The molecule has 7 nitrogen and oxygen atoms in total. The highest BCUT2D eigenvalue weighted by atomic mass is 35.5. The van der Waals surface area contributed by atoms with Gasteiger partial charge in [0.25, 0.3) is 15.9 Å². The second kappa shape index (κ2) is 8.26. The van der Waals surface area contributed by atoms with Gasteiger partial charge in [0.2, 0.25) is 5.82 Å². The Morgan fingerprint density at radius 2 is 1.87 bits per heavy atom. The van der Waals surface area contributed by atoms with E-state index in [0.717, 1.165) is 0 Å². The van der Waals surface area contributed by atoms with Crippen LogP contribution in [0, 0.1) is 6.92 Å². The monoisotopic (exact) mass is 473 g/mol. The number of rotatable bonds is 6. The maximum atomic E-state index is 12.9. The number of Topliss-reactive ketones (excluding diaryl/α,β-unsaturated/α-hetero) is 1. The van der Waals surface area contributed by atoms with Crippen molar-refractivity contribution in [3.8, 4) is 22.2 Å². The van der Waals surface area contributed by atoms with Crippen LogP contribution in [0.2, 0.25) is 5.02 Å². The summed E-state index contributed by atoms with van der Waals surface area (Å²) in [7, 11) is -3.85. The number of anilines is 1. The van der Waals surface area contributed by atoms with E-state index in [9.17, 15) is 13.2 Å². The molecule has 1 N–H and O–H groups in total. The van der Waals surface area contributed by atoms with E-state index in [4.69, 9.17) is 16.1 Å². The van der Waals surface area contributed by atoms with Crippen LogP contribution in [0.3, 0.4) is 0 Å². The fraction of sp³-hybridized carbons (Fsp3) is 0.0952. The largest absolute Gasteiger partial charge is 0.333 e. The maximum Gasteiger partial charge on any atom is 0.268 e. The van der Waals surface area contributed by atoms with Crippen molar-refractivity contribution in [1.82, 2.24) is 10.1 Å². The zero-order chi connectivity index (χ0) is 22.2. The van der Waals surface area contributed by atoms with Gasteiger partial charge in [0, 0.05) is 26.7 Å². The second-order valence-corrected chi connectivity index (χ2v) is 10.0. The topological polar surface area (TPSA) is 102 Å². The van der Waals surface area contributed by atoms with Gasteiger partial charge in [-0.2, -0.15) is 4.98 Å². The van der Waals surface area contributed by atoms with Crippen LogP contribution in [0.5, 0.6) is 0 Å². The molecule has 4 rings (SSSR count). The van der Waals surface area contributed by atoms with Crippen LogP contribution in [-0.2, 0) is 10.0 Å². The highest BCUT2D eigenvalue weighted by Gasteiger charge is 2.23. The molecule has 31 heavy (non-hydrogen) atoms. The number of thiophene rings is 1. The van der Waals surface area contributed by atoms with Gasteiger partial charge in [-0.15, -0.1) is 11.3 Å². The molecule has 0 unspecified atom stereocenters. The van der Waals surface area contributed by atoms with Crippen LogP contribution in [0.15, 0.2) is 64.0 Å². The quantitative estimate of drug-likeness (QED) is 0.374. The Morgan fingerprint density at radius 1 is 1.13 bits per heavy atom. The van der Waals surface area contributed by atoms with Gasteiger partial charge in [-0.05, 0) is 56.3 Å². The molecular formula is C21H16ClN3O4S2. The summed E-state index contributed by atoms with van der Waals surface area (Å²) < 4.78 is 33.7. The summed E-state index contributed by atoms with van der Waals surface area (Å²) in [6, 6.07) is 14.8. The minimum Gasteiger partial charge on any atom is -0.333 e. The number of benzene rings is 2. The van der Waals surface area contributed by atoms with Crippen LogP contribution in [0.25, 0.3) is 22.2 Å². The van der Waals surface area contributed by atoms with Crippen molar-refractivity contribution < 1.29 is 17.7 Å². The van der Waals surface area contributed by atoms with Crippen LogP contribution >= 0.6 is 22.9 Å². The molecule has 2 aromatic carbocycles. The van der Waals surface area contributed by atoms with Gasteiger partial charge in [-0.1, -0.05) is 28.9 Å². The van der Waals surface area contributed by atoms with E-state index in [0.29, 0.717) is 37.4 Å². The minimum atomic E-state index is -3.85. The van der Waals surface area contributed by atoms with Crippen molar-refractivity contribution in [2.75, 3.05) is 4.72 Å². The molecule has 0 saturated carbocycles. The van der Waals surface area contributed by atoms with E-state index in [2.05, 4.69) is 14.9 Å². The standard InChI is InChI=1S/C21H16ClN3O4S2/c1-12(26)14-6-8-17(9-7-14)25-31(27,28)19-11-18(30-13(19)2)21-23-20(24-29-21)15-4-3-5-16(22)10-15/h3-11,25H,1-2H3. The highest BCUT2D eigenvalue weighted by Crippen LogP contribution is 2.34. The van der Waals surface area contributed by atoms with Gasteiger partial charge in [-0.25, -0.2) is 8.42 Å². The third-order valence-corrected chi connectivity index (χ3v) is 7.34. The maximum absolute atomic E-state index is 12.9. The number of aromatic nitrogens is 2. The smallest absolute Gasteiger partial charge is 0.268 e. The number of carbonyl (C=O) groups is 1. The van der Waals surface area contributed by atoms with Gasteiger partial charge in [0.1, 0.15) is 4.90 Å².